The fourth-order valence-corrected chi connectivity index (χ4v) is 2.00. The average Bonchev–Trinajstić information content (AvgIpc) is 2.28. The van der Waals surface area contributed by atoms with Crippen molar-refractivity contribution in [2.75, 3.05) is 12.3 Å². The number of thioether (sulfide) groups is 1. The standard InChI is InChI=1S/C14H20FNOS/c1-14(2,3)18-10-13(17)16-9-8-11-4-6-12(15)7-5-11/h4-7H,8-10H2,1-3H3,(H,16,17). The van der Waals surface area contributed by atoms with Gasteiger partial charge in [-0.2, -0.15) is 0 Å². The van der Waals surface area contributed by atoms with Crippen LogP contribution in [-0.2, 0) is 11.2 Å². The molecule has 0 saturated heterocycles. The number of carbonyl (C=O) groups excluding carboxylic acids is 1. The van der Waals surface area contributed by atoms with Crippen LogP contribution in [-0.4, -0.2) is 23.0 Å². The lowest BCUT2D eigenvalue weighted by atomic mass is 10.1. The van der Waals surface area contributed by atoms with Crippen molar-refractivity contribution in [3.05, 3.63) is 35.6 Å². The van der Waals surface area contributed by atoms with E-state index in [0.29, 0.717) is 12.3 Å². The van der Waals surface area contributed by atoms with Crippen molar-refractivity contribution < 1.29 is 9.18 Å². The van der Waals surface area contributed by atoms with Gasteiger partial charge in [0.15, 0.2) is 0 Å². The van der Waals surface area contributed by atoms with Gasteiger partial charge in [-0.05, 0) is 24.1 Å². The molecule has 0 fully saturated rings. The molecular weight excluding hydrogens is 249 g/mol. The van der Waals surface area contributed by atoms with E-state index in [2.05, 4.69) is 26.1 Å². The molecule has 0 saturated carbocycles. The number of rotatable bonds is 5. The Bertz CT molecular complexity index is 384. The smallest absolute Gasteiger partial charge is 0.230 e. The molecule has 0 aliphatic heterocycles. The second-order valence-electron chi connectivity index (χ2n) is 5.13. The van der Waals surface area contributed by atoms with E-state index < -0.39 is 0 Å². The maximum Gasteiger partial charge on any atom is 0.230 e. The Morgan fingerprint density at radius 2 is 1.89 bits per heavy atom. The summed E-state index contributed by atoms with van der Waals surface area (Å²) in [5.74, 6) is 0.300. The summed E-state index contributed by atoms with van der Waals surface area (Å²) in [6.45, 7) is 6.85. The van der Waals surface area contributed by atoms with E-state index in [1.165, 1.54) is 12.1 Å². The zero-order valence-electron chi connectivity index (χ0n) is 11.1. The minimum absolute atomic E-state index is 0.0528. The first-order valence-corrected chi connectivity index (χ1v) is 7.00. The minimum Gasteiger partial charge on any atom is -0.355 e. The zero-order valence-corrected chi connectivity index (χ0v) is 11.9. The van der Waals surface area contributed by atoms with E-state index >= 15 is 0 Å². The Labute approximate surface area is 112 Å². The van der Waals surface area contributed by atoms with Crippen LogP contribution in [0.5, 0.6) is 0 Å². The summed E-state index contributed by atoms with van der Waals surface area (Å²) in [6.07, 6.45) is 0.728. The van der Waals surface area contributed by atoms with Gasteiger partial charge >= 0.3 is 0 Å². The Morgan fingerprint density at radius 3 is 2.44 bits per heavy atom. The van der Waals surface area contributed by atoms with Gasteiger partial charge in [0.2, 0.25) is 5.91 Å². The highest BCUT2D eigenvalue weighted by Crippen LogP contribution is 2.22. The van der Waals surface area contributed by atoms with Gasteiger partial charge in [-0.1, -0.05) is 32.9 Å². The number of carbonyl (C=O) groups is 1. The number of hydrogen-bond donors (Lipinski definition) is 1. The third-order valence-electron chi connectivity index (χ3n) is 2.29. The van der Waals surface area contributed by atoms with E-state index in [0.717, 1.165) is 12.0 Å². The summed E-state index contributed by atoms with van der Waals surface area (Å²) in [7, 11) is 0. The van der Waals surface area contributed by atoms with E-state index in [-0.39, 0.29) is 16.5 Å². The topological polar surface area (TPSA) is 29.1 Å². The molecule has 1 aromatic rings. The second kappa shape index (κ2) is 6.78. The fraction of sp³-hybridized carbons (Fsp3) is 0.500. The lowest BCUT2D eigenvalue weighted by molar-refractivity contribution is -0.118. The van der Waals surface area contributed by atoms with Crippen LogP contribution in [0.2, 0.25) is 0 Å². The number of hydrogen-bond acceptors (Lipinski definition) is 2. The monoisotopic (exact) mass is 269 g/mol. The second-order valence-corrected chi connectivity index (χ2v) is 6.93. The van der Waals surface area contributed by atoms with Crippen LogP contribution >= 0.6 is 11.8 Å². The van der Waals surface area contributed by atoms with Crippen molar-refractivity contribution in [1.29, 1.82) is 0 Å². The average molecular weight is 269 g/mol. The van der Waals surface area contributed by atoms with Gasteiger partial charge in [0.25, 0.3) is 0 Å². The molecule has 1 amide bonds. The number of halogens is 1. The predicted molar refractivity (Wildman–Crippen MR) is 75.3 cm³/mol. The largest absolute Gasteiger partial charge is 0.355 e. The number of benzene rings is 1. The molecule has 0 heterocycles. The summed E-state index contributed by atoms with van der Waals surface area (Å²) < 4.78 is 12.8. The van der Waals surface area contributed by atoms with Gasteiger partial charge in [0.1, 0.15) is 5.82 Å². The van der Waals surface area contributed by atoms with Crippen LogP contribution in [0.3, 0.4) is 0 Å². The first-order chi connectivity index (χ1) is 8.37. The molecule has 1 N–H and O–H groups in total. The normalized spacial score (nSPS) is 11.3. The maximum atomic E-state index is 12.7. The van der Waals surface area contributed by atoms with Crippen molar-refractivity contribution >= 4 is 17.7 Å². The van der Waals surface area contributed by atoms with Crippen molar-refractivity contribution in [3.63, 3.8) is 0 Å². The molecule has 18 heavy (non-hydrogen) atoms. The van der Waals surface area contributed by atoms with Gasteiger partial charge in [-0.25, -0.2) is 4.39 Å². The molecule has 100 valence electrons. The highest BCUT2D eigenvalue weighted by Gasteiger charge is 2.12. The molecule has 0 spiro atoms. The van der Waals surface area contributed by atoms with E-state index in [1.54, 1.807) is 23.9 Å². The van der Waals surface area contributed by atoms with Crippen molar-refractivity contribution in [2.45, 2.75) is 31.9 Å². The summed E-state index contributed by atoms with van der Waals surface area (Å²) in [5, 5.41) is 2.86. The minimum atomic E-state index is -0.232. The van der Waals surface area contributed by atoms with E-state index in [1.807, 2.05) is 0 Å². The predicted octanol–water partition coefficient (Wildman–Crippen LogP) is 3.02. The van der Waals surface area contributed by atoms with Gasteiger partial charge in [-0.15, -0.1) is 11.8 Å². The van der Waals surface area contributed by atoms with Crippen LogP contribution in [0, 0.1) is 5.82 Å². The third-order valence-corrected chi connectivity index (χ3v) is 3.56. The van der Waals surface area contributed by atoms with Gasteiger partial charge in [-0.3, -0.25) is 4.79 Å². The molecule has 0 aliphatic carbocycles. The summed E-state index contributed by atoms with van der Waals surface area (Å²) in [6, 6.07) is 6.36. The Hall–Kier alpha value is -1.03. The Balaban J connectivity index is 2.21. The van der Waals surface area contributed by atoms with Crippen LogP contribution in [0.1, 0.15) is 26.3 Å². The molecule has 2 nitrogen and oxygen atoms in total. The summed E-state index contributed by atoms with van der Waals surface area (Å²) >= 11 is 1.63. The quantitative estimate of drug-likeness (QED) is 0.890. The summed E-state index contributed by atoms with van der Waals surface area (Å²) in [4.78, 5) is 11.5. The molecule has 0 aromatic heterocycles. The number of amides is 1. The van der Waals surface area contributed by atoms with Crippen LogP contribution in [0.15, 0.2) is 24.3 Å². The highest BCUT2D eigenvalue weighted by atomic mass is 32.2. The molecule has 0 unspecified atom stereocenters. The zero-order chi connectivity index (χ0) is 13.6. The first kappa shape index (κ1) is 15.0. The third kappa shape index (κ3) is 6.64. The van der Waals surface area contributed by atoms with Gasteiger partial charge < -0.3 is 5.32 Å². The van der Waals surface area contributed by atoms with E-state index in [4.69, 9.17) is 0 Å². The van der Waals surface area contributed by atoms with Gasteiger partial charge in [0.05, 0.1) is 5.75 Å². The lowest BCUT2D eigenvalue weighted by Gasteiger charge is -2.16. The van der Waals surface area contributed by atoms with E-state index in [9.17, 15) is 9.18 Å². The molecule has 0 aliphatic rings. The number of nitrogens with one attached hydrogen (secondary N) is 1. The van der Waals surface area contributed by atoms with Crippen molar-refractivity contribution in [2.24, 2.45) is 0 Å². The van der Waals surface area contributed by atoms with Crippen LogP contribution in [0.25, 0.3) is 0 Å². The highest BCUT2D eigenvalue weighted by molar-refractivity contribution is 8.01. The van der Waals surface area contributed by atoms with Crippen molar-refractivity contribution in [3.8, 4) is 0 Å². The molecule has 1 aromatic carbocycles. The fourth-order valence-electron chi connectivity index (χ4n) is 1.33. The van der Waals surface area contributed by atoms with Gasteiger partial charge in [0, 0.05) is 11.3 Å². The lowest BCUT2D eigenvalue weighted by Crippen LogP contribution is -2.28. The molecular formula is C14H20FNOS. The molecule has 0 radical (unpaired) electrons. The Kier molecular flexibility index (Phi) is 5.66. The molecule has 0 bridgehead atoms. The first-order valence-electron chi connectivity index (χ1n) is 6.02. The van der Waals surface area contributed by atoms with Crippen molar-refractivity contribution in [1.82, 2.24) is 5.32 Å². The molecule has 4 heteroatoms. The Morgan fingerprint density at radius 1 is 1.28 bits per heavy atom. The summed E-state index contributed by atoms with van der Waals surface area (Å²) in [5.41, 5.74) is 1.03. The molecule has 1 rings (SSSR count). The SMILES string of the molecule is CC(C)(C)SCC(=O)NCCc1ccc(F)cc1. The molecule has 0 atom stereocenters. The maximum absolute atomic E-state index is 12.7. The van der Waals surface area contributed by atoms with Crippen LogP contribution in [0.4, 0.5) is 4.39 Å². The van der Waals surface area contributed by atoms with Crippen LogP contribution < -0.4 is 5.32 Å².